The lowest BCUT2D eigenvalue weighted by molar-refractivity contribution is 0.0516. The number of ether oxygens (including phenoxy) is 1. The topological polar surface area (TPSA) is 70.0 Å². The molecule has 0 saturated heterocycles. The van der Waals surface area contributed by atoms with Crippen molar-refractivity contribution in [3.8, 4) is 5.75 Å². The lowest BCUT2D eigenvalue weighted by atomic mass is 10.0. The van der Waals surface area contributed by atoms with Gasteiger partial charge in [-0.15, -0.1) is 0 Å². The number of amides is 1. The molecule has 0 radical (unpaired) electrons. The zero-order valence-corrected chi connectivity index (χ0v) is 13.2. The van der Waals surface area contributed by atoms with Crippen LogP contribution in [0.25, 0.3) is 0 Å². The van der Waals surface area contributed by atoms with E-state index in [0.717, 1.165) is 5.56 Å². The Bertz CT molecular complexity index is 644. The van der Waals surface area contributed by atoms with Gasteiger partial charge < -0.3 is 14.9 Å². The fraction of sp³-hybridized carbons (Fsp3) is 0.278. The van der Waals surface area contributed by atoms with Crippen LogP contribution >= 0.6 is 0 Å². The molecule has 0 aliphatic heterocycles. The van der Waals surface area contributed by atoms with Crippen molar-refractivity contribution < 1.29 is 19.7 Å². The molecule has 0 unspecified atom stereocenters. The highest BCUT2D eigenvalue weighted by atomic mass is 16.5. The first-order valence-corrected chi connectivity index (χ1v) is 7.38. The molecule has 2 aromatic rings. The van der Waals surface area contributed by atoms with Crippen LogP contribution in [0.15, 0.2) is 54.6 Å². The molecular weight excluding hydrogens is 294 g/mol. The molecule has 122 valence electrons. The van der Waals surface area contributed by atoms with E-state index in [1.165, 1.54) is 4.90 Å². The summed E-state index contributed by atoms with van der Waals surface area (Å²) in [6.07, 6.45) is -2.01. The second-order valence-corrected chi connectivity index (χ2v) is 5.36. The first kappa shape index (κ1) is 16.8. The summed E-state index contributed by atoms with van der Waals surface area (Å²) in [5.74, 6) is 0.624. The quantitative estimate of drug-likeness (QED) is 0.858. The number of hydrogen-bond acceptors (Lipinski definition) is 3. The molecule has 2 atom stereocenters. The number of aliphatic hydroxyl groups excluding tert-OH is 1. The predicted octanol–water partition coefficient (Wildman–Crippen LogP) is 3.30. The average Bonchev–Trinajstić information content (AvgIpc) is 2.59. The highest BCUT2D eigenvalue weighted by Crippen LogP contribution is 2.25. The molecule has 1 amide bonds. The molecule has 2 aromatic carbocycles. The van der Waals surface area contributed by atoms with Crippen LogP contribution in [0.3, 0.4) is 0 Å². The normalized spacial score (nSPS) is 13.2. The molecule has 5 nitrogen and oxygen atoms in total. The van der Waals surface area contributed by atoms with Gasteiger partial charge in [0.2, 0.25) is 0 Å². The molecule has 5 heteroatoms. The van der Waals surface area contributed by atoms with Gasteiger partial charge in [-0.2, -0.15) is 0 Å². The Balaban J connectivity index is 2.19. The Morgan fingerprint density at radius 1 is 1.17 bits per heavy atom. The second kappa shape index (κ2) is 7.65. The summed E-state index contributed by atoms with van der Waals surface area (Å²) in [6.45, 7) is 1.92. The van der Waals surface area contributed by atoms with Gasteiger partial charge in [-0.3, -0.25) is 4.90 Å². The zero-order valence-electron chi connectivity index (χ0n) is 13.2. The summed E-state index contributed by atoms with van der Waals surface area (Å²) >= 11 is 0. The third kappa shape index (κ3) is 4.23. The Labute approximate surface area is 135 Å². The standard InChI is InChI=1S/C18H21NO4/c1-13(17(20)15-9-6-10-16(11-15)23-2)19(18(21)22)12-14-7-4-3-5-8-14/h3-11,13,17,20H,12H2,1-2H3,(H,21,22)/t13-,17+/m0/s1. The Morgan fingerprint density at radius 3 is 2.48 bits per heavy atom. The van der Waals surface area contributed by atoms with E-state index >= 15 is 0 Å². The van der Waals surface area contributed by atoms with Crippen molar-refractivity contribution in [1.82, 2.24) is 4.90 Å². The summed E-state index contributed by atoms with van der Waals surface area (Å²) in [5, 5.41) is 20.0. The number of carboxylic acid groups (broad SMARTS) is 1. The van der Waals surface area contributed by atoms with Crippen molar-refractivity contribution in [2.45, 2.75) is 25.6 Å². The van der Waals surface area contributed by atoms with Crippen molar-refractivity contribution in [2.75, 3.05) is 7.11 Å². The maximum atomic E-state index is 11.6. The van der Waals surface area contributed by atoms with E-state index in [1.807, 2.05) is 30.3 Å². The van der Waals surface area contributed by atoms with Crippen molar-refractivity contribution in [3.05, 3.63) is 65.7 Å². The van der Waals surface area contributed by atoms with Crippen molar-refractivity contribution >= 4 is 6.09 Å². The van der Waals surface area contributed by atoms with E-state index in [2.05, 4.69) is 0 Å². The Morgan fingerprint density at radius 2 is 1.87 bits per heavy atom. The van der Waals surface area contributed by atoms with Crippen LogP contribution in [0.5, 0.6) is 5.75 Å². The van der Waals surface area contributed by atoms with Gasteiger partial charge >= 0.3 is 6.09 Å². The zero-order chi connectivity index (χ0) is 16.8. The van der Waals surface area contributed by atoms with Gasteiger partial charge in [-0.1, -0.05) is 42.5 Å². The van der Waals surface area contributed by atoms with Crippen LogP contribution in [0.1, 0.15) is 24.2 Å². The fourth-order valence-electron chi connectivity index (χ4n) is 2.44. The van der Waals surface area contributed by atoms with Crippen molar-refractivity contribution in [1.29, 1.82) is 0 Å². The average molecular weight is 315 g/mol. The molecule has 0 aromatic heterocycles. The molecule has 0 aliphatic carbocycles. The number of carbonyl (C=O) groups is 1. The van der Waals surface area contributed by atoms with Gasteiger partial charge in [0.15, 0.2) is 0 Å². The number of benzene rings is 2. The number of methoxy groups -OCH3 is 1. The van der Waals surface area contributed by atoms with Crippen LogP contribution in [-0.4, -0.2) is 34.4 Å². The van der Waals surface area contributed by atoms with Gasteiger partial charge in [0, 0.05) is 6.54 Å². The molecule has 0 aliphatic rings. The lowest BCUT2D eigenvalue weighted by Gasteiger charge is -2.30. The molecule has 0 fully saturated rings. The number of nitrogens with zero attached hydrogens (tertiary/aromatic N) is 1. The third-order valence-electron chi connectivity index (χ3n) is 3.83. The molecule has 23 heavy (non-hydrogen) atoms. The van der Waals surface area contributed by atoms with Gasteiger partial charge in [0.25, 0.3) is 0 Å². The number of hydrogen-bond donors (Lipinski definition) is 2. The smallest absolute Gasteiger partial charge is 0.407 e. The van der Waals surface area contributed by atoms with Crippen LogP contribution < -0.4 is 4.74 Å². The third-order valence-corrected chi connectivity index (χ3v) is 3.83. The van der Waals surface area contributed by atoms with Crippen LogP contribution in [0, 0.1) is 0 Å². The minimum atomic E-state index is -1.07. The summed E-state index contributed by atoms with van der Waals surface area (Å²) in [5.41, 5.74) is 1.50. The largest absolute Gasteiger partial charge is 0.497 e. The number of rotatable bonds is 6. The summed E-state index contributed by atoms with van der Waals surface area (Å²) in [7, 11) is 1.55. The highest BCUT2D eigenvalue weighted by molar-refractivity contribution is 5.65. The number of aliphatic hydroxyl groups is 1. The lowest BCUT2D eigenvalue weighted by Crippen LogP contribution is -2.40. The Hall–Kier alpha value is -2.53. The second-order valence-electron chi connectivity index (χ2n) is 5.36. The highest BCUT2D eigenvalue weighted by Gasteiger charge is 2.27. The van der Waals surface area contributed by atoms with Gasteiger partial charge in [0.1, 0.15) is 5.75 Å². The molecule has 0 bridgehead atoms. The first-order chi connectivity index (χ1) is 11.0. The molecule has 2 rings (SSSR count). The van der Waals surface area contributed by atoms with E-state index in [0.29, 0.717) is 11.3 Å². The van der Waals surface area contributed by atoms with Crippen molar-refractivity contribution in [3.63, 3.8) is 0 Å². The van der Waals surface area contributed by atoms with E-state index in [-0.39, 0.29) is 6.54 Å². The van der Waals surface area contributed by atoms with Gasteiger partial charge in [-0.05, 0) is 30.2 Å². The SMILES string of the molecule is COc1cccc([C@H](O)[C@H](C)N(Cc2ccccc2)C(=O)O)c1. The molecule has 0 spiro atoms. The van der Waals surface area contributed by atoms with Crippen LogP contribution in [0.2, 0.25) is 0 Å². The van der Waals surface area contributed by atoms with Gasteiger partial charge in [0.05, 0.1) is 19.3 Å². The summed E-state index contributed by atoms with van der Waals surface area (Å²) < 4.78 is 5.15. The minimum absolute atomic E-state index is 0.221. The fourth-order valence-corrected chi connectivity index (χ4v) is 2.44. The van der Waals surface area contributed by atoms with E-state index in [1.54, 1.807) is 38.3 Å². The van der Waals surface area contributed by atoms with Crippen LogP contribution in [-0.2, 0) is 6.54 Å². The molecule has 2 N–H and O–H groups in total. The Kier molecular flexibility index (Phi) is 5.60. The van der Waals surface area contributed by atoms with Gasteiger partial charge in [-0.25, -0.2) is 4.79 Å². The molecule has 0 saturated carbocycles. The maximum absolute atomic E-state index is 11.6. The predicted molar refractivity (Wildman–Crippen MR) is 87.4 cm³/mol. The van der Waals surface area contributed by atoms with E-state index < -0.39 is 18.2 Å². The maximum Gasteiger partial charge on any atom is 0.407 e. The van der Waals surface area contributed by atoms with E-state index in [9.17, 15) is 15.0 Å². The summed E-state index contributed by atoms with van der Waals surface area (Å²) in [6, 6.07) is 15.7. The monoisotopic (exact) mass is 315 g/mol. The minimum Gasteiger partial charge on any atom is -0.497 e. The summed E-state index contributed by atoms with van der Waals surface area (Å²) in [4.78, 5) is 12.8. The molecular formula is C18H21NO4. The molecule has 0 heterocycles. The van der Waals surface area contributed by atoms with Crippen molar-refractivity contribution in [2.24, 2.45) is 0 Å². The van der Waals surface area contributed by atoms with Crippen LogP contribution in [0.4, 0.5) is 4.79 Å². The first-order valence-electron chi connectivity index (χ1n) is 7.38. The van der Waals surface area contributed by atoms with E-state index in [4.69, 9.17) is 4.74 Å².